The van der Waals surface area contributed by atoms with E-state index < -0.39 is 11.7 Å². The molecule has 128 valence electrons. The van der Waals surface area contributed by atoms with Crippen molar-refractivity contribution in [1.29, 1.82) is 0 Å². The molecule has 23 heavy (non-hydrogen) atoms. The zero-order valence-electron chi connectivity index (χ0n) is 14.0. The second-order valence-corrected chi connectivity index (χ2v) is 6.48. The first-order valence-corrected chi connectivity index (χ1v) is 8.15. The van der Waals surface area contributed by atoms with Crippen LogP contribution in [0.2, 0.25) is 0 Å². The van der Waals surface area contributed by atoms with Crippen LogP contribution in [-0.2, 0) is 11.2 Å². The van der Waals surface area contributed by atoms with Crippen molar-refractivity contribution in [3.8, 4) is 0 Å². The summed E-state index contributed by atoms with van der Waals surface area (Å²) in [5.74, 6) is 0. The van der Waals surface area contributed by atoms with Crippen LogP contribution in [0.3, 0.4) is 0 Å². The zero-order chi connectivity index (χ0) is 17.1. The van der Waals surface area contributed by atoms with E-state index in [2.05, 4.69) is 20.9 Å². The summed E-state index contributed by atoms with van der Waals surface area (Å²) in [4.78, 5) is 15.4. The topological polar surface area (TPSA) is 75.3 Å². The Morgan fingerprint density at radius 3 is 2.39 bits per heavy atom. The molecule has 1 aromatic heterocycles. The monoisotopic (exact) mass is 338 g/mol. The van der Waals surface area contributed by atoms with Gasteiger partial charge in [0.2, 0.25) is 0 Å². The number of amides is 1. The average molecular weight is 338 g/mol. The molecule has 1 rings (SSSR count). The number of alkyl carbamates (subject to hydrolysis) is 1. The van der Waals surface area contributed by atoms with E-state index in [1.807, 2.05) is 32.9 Å². The summed E-state index contributed by atoms with van der Waals surface area (Å²) in [7, 11) is 0. The van der Waals surface area contributed by atoms with Crippen molar-refractivity contribution in [3.63, 3.8) is 0 Å². The van der Waals surface area contributed by atoms with Gasteiger partial charge in [0.25, 0.3) is 0 Å². The first-order valence-electron chi connectivity index (χ1n) is 7.74. The van der Waals surface area contributed by atoms with Crippen molar-refractivity contribution < 1.29 is 9.53 Å². The van der Waals surface area contributed by atoms with Gasteiger partial charge in [0.05, 0.1) is 0 Å². The summed E-state index contributed by atoms with van der Waals surface area (Å²) in [6.07, 6.45) is 4.83. The van der Waals surface area contributed by atoms with Crippen LogP contribution in [0.4, 0.5) is 4.79 Å². The second kappa shape index (κ2) is 9.99. The molecule has 6 nitrogen and oxygen atoms in total. The largest absolute Gasteiger partial charge is 0.444 e. The molecular formula is C16H26N4O2S. The molecule has 0 atom stereocenters. The zero-order valence-corrected chi connectivity index (χ0v) is 14.8. The van der Waals surface area contributed by atoms with E-state index >= 15 is 0 Å². The smallest absolute Gasteiger partial charge is 0.407 e. The highest BCUT2D eigenvalue weighted by molar-refractivity contribution is 7.80. The van der Waals surface area contributed by atoms with Crippen LogP contribution in [0.1, 0.15) is 32.8 Å². The van der Waals surface area contributed by atoms with Crippen molar-refractivity contribution in [2.24, 2.45) is 0 Å². The lowest BCUT2D eigenvalue weighted by Crippen LogP contribution is -2.38. The molecule has 3 N–H and O–H groups in total. The minimum absolute atomic E-state index is 0.393. The lowest BCUT2D eigenvalue weighted by atomic mass is 10.2. The maximum atomic E-state index is 11.4. The Labute approximate surface area is 143 Å². The summed E-state index contributed by atoms with van der Waals surface area (Å²) in [6, 6.07) is 3.97. The van der Waals surface area contributed by atoms with Crippen molar-refractivity contribution in [2.75, 3.05) is 19.6 Å². The summed E-state index contributed by atoms with van der Waals surface area (Å²) in [5.41, 5.74) is 0.750. The molecule has 0 aliphatic rings. The normalized spacial score (nSPS) is 10.7. The fourth-order valence-electron chi connectivity index (χ4n) is 1.73. The fraction of sp³-hybridized carbons (Fsp3) is 0.562. The van der Waals surface area contributed by atoms with Crippen LogP contribution in [0.25, 0.3) is 0 Å². The number of ether oxygens (including phenoxy) is 1. The van der Waals surface area contributed by atoms with Crippen LogP contribution < -0.4 is 16.0 Å². The molecular weight excluding hydrogens is 312 g/mol. The van der Waals surface area contributed by atoms with Gasteiger partial charge in [-0.25, -0.2) is 4.79 Å². The van der Waals surface area contributed by atoms with E-state index in [0.29, 0.717) is 18.2 Å². The summed E-state index contributed by atoms with van der Waals surface area (Å²) >= 11 is 5.20. The number of nitrogens with zero attached hydrogens (tertiary/aromatic N) is 1. The predicted octanol–water partition coefficient (Wildman–Crippen LogP) is 2.00. The second-order valence-electron chi connectivity index (χ2n) is 6.07. The Morgan fingerprint density at radius 1 is 1.13 bits per heavy atom. The molecule has 0 saturated heterocycles. The number of hydrogen-bond donors (Lipinski definition) is 3. The lowest BCUT2D eigenvalue weighted by Gasteiger charge is -2.19. The Kier molecular flexibility index (Phi) is 8.32. The molecule has 1 heterocycles. The van der Waals surface area contributed by atoms with Crippen LogP contribution in [-0.4, -0.2) is 41.4 Å². The highest BCUT2D eigenvalue weighted by Gasteiger charge is 2.15. The molecule has 0 unspecified atom stereocenters. The van der Waals surface area contributed by atoms with Gasteiger partial charge in [0, 0.05) is 32.0 Å². The number of aromatic nitrogens is 1. The van der Waals surface area contributed by atoms with E-state index in [1.54, 1.807) is 12.4 Å². The number of carbonyl (C=O) groups excluding carboxylic acids is 1. The van der Waals surface area contributed by atoms with Gasteiger partial charge in [-0.05, 0) is 63.5 Å². The van der Waals surface area contributed by atoms with Crippen LogP contribution in [0.15, 0.2) is 24.5 Å². The Balaban J connectivity index is 2.01. The molecule has 0 aliphatic heterocycles. The van der Waals surface area contributed by atoms with Gasteiger partial charge >= 0.3 is 6.09 Å². The molecule has 1 amide bonds. The number of pyridine rings is 1. The molecule has 0 saturated carbocycles. The Morgan fingerprint density at radius 2 is 1.74 bits per heavy atom. The number of hydrogen-bond acceptors (Lipinski definition) is 4. The van der Waals surface area contributed by atoms with Crippen molar-refractivity contribution in [3.05, 3.63) is 30.1 Å². The lowest BCUT2D eigenvalue weighted by molar-refractivity contribution is 0.0527. The summed E-state index contributed by atoms with van der Waals surface area (Å²) < 4.78 is 5.15. The maximum absolute atomic E-state index is 11.4. The van der Waals surface area contributed by atoms with E-state index in [-0.39, 0.29) is 0 Å². The van der Waals surface area contributed by atoms with Crippen molar-refractivity contribution in [2.45, 2.75) is 39.2 Å². The van der Waals surface area contributed by atoms with E-state index in [1.165, 1.54) is 5.56 Å². The molecule has 0 aliphatic carbocycles. The van der Waals surface area contributed by atoms with Gasteiger partial charge in [0.1, 0.15) is 5.60 Å². The summed E-state index contributed by atoms with van der Waals surface area (Å²) in [6.45, 7) is 7.52. The minimum Gasteiger partial charge on any atom is -0.444 e. The predicted molar refractivity (Wildman–Crippen MR) is 95.4 cm³/mol. The molecule has 0 bridgehead atoms. The third-order valence-corrected chi connectivity index (χ3v) is 3.04. The van der Waals surface area contributed by atoms with E-state index in [0.717, 1.165) is 19.4 Å². The Hall–Kier alpha value is -1.89. The standard InChI is InChI=1S/C16H26N4O2S/c1-16(2,3)22-15(21)20-9-4-8-18-14(23)19-12-7-13-5-10-17-11-6-13/h5-6,10-11H,4,7-9,12H2,1-3H3,(H,20,21)(H2,18,19,23). The third kappa shape index (κ3) is 10.5. The molecule has 7 heteroatoms. The number of carbonyl (C=O) groups is 1. The van der Waals surface area contributed by atoms with Crippen LogP contribution in [0, 0.1) is 0 Å². The number of thiocarbonyl (C=S) groups is 1. The molecule has 0 aromatic carbocycles. The van der Waals surface area contributed by atoms with E-state index in [4.69, 9.17) is 17.0 Å². The van der Waals surface area contributed by atoms with Gasteiger partial charge in [-0.2, -0.15) is 0 Å². The van der Waals surface area contributed by atoms with Crippen LogP contribution in [0.5, 0.6) is 0 Å². The first kappa shape index (κ1) is 19.2. The third-order valence-electron chi connectivity index (χ3n) is 2.76. The average Bonchev–Trinajstić information content (AvgIpc) is 2.46. The molecule has 1 aromatic rings. The number of nitrogens with one attached hydrogen (secondary N) is 3. The number of rotatable bonds is 7. The van der Waals surface area contributed by atoms with Crippen LogP contribution >= 0.6 is 12.2 Å². The first-order chi connectivity index (χ1) is 10.9. The fourth-order valence-corrected chi connectivity index (χ4v) is 1.93. The molecule has 0 spiro atoms. The summed E-state index contributed by atoms with van der Waals surface area (Å²) in [5, 5.41) is 9.58. The SMILES string of the molecule is CC(C)(C)OC(=O)NCCCNC(=S)NCCc1ccncc1. The van der Waals surface area contributed by atoms with Gasteiger partial charge in [-0.1, -0.05) is 0 Å². The highest BCUT2D eigenvalue weighted by atomic mass is 32.1. The van der Waals surface area contributed by atoms with Gasteiger partial charge in [-0.15, -0.1) is 0 Å². The minimum atomic E-state index is -0.470. The highest BCUT2D eigenvalue weighted by Crippen LogP contribution is 2.06. The maximum Gasteiger partial charge on any atom is 0.407 e. The quantitative estimate of drug-likeness (QED) is 0.522. The van der Waals surface area contributed by atoms with Crippen molar-refractivity contribution >= 4 is 23.4 Å². The van der Waals surface area contributed by atoms with E-state index in [9.17, 15) is 4.79 Å². The Bertz CT molecular complexity index is 489. The van der Waals surface area contributed by atoms with Gasteiger partial charge in [-0.3, -0.25) is 4.98 Å². The van der Waals surface area contributed by atoms with Crippen molar-refractivity contribution in [1.82, 2.24) is 20.9 Å². The van der Waals surface area contributed by atoms with Gasteiger partial charge in [0.15, 0.2) is 5.11 Å². The van der Waals surface area contributed by atoms with Gasteiger partial charge < -0.3 is 20.7 Å². The molecule has 0 radical (unpaired) electrons. The molecule has 0 fully saturated rings.